The molecule has 0 aliphatic carbocycles. The van der Waals surface area contributed by atoms with Crippen LogP contribution in [0.5, 0.6) is 11.5 Å². The highest BCUT2D eigenvalue weighted by Crippen LogP contribution is 2.34. The van der Waals surface area contributed by atoms with Crippen molar-refractivity contribution in [2.75, 3.05) is 13.7 Å². The molecule has 0 aromatic heterocycles. The lowest BCUT2D eigenvalue weighted by molar-refractivity contribution is 0.102. The van der Waals surface area contributed by atoms with Gasteiger partial charge in [-0.1, -0.05) is 18.2 Å². The summed E-state index contributed by atoms with van der Waals surface area (Å²) >= 11 is 0. The third-order valence-corrected chi connectivity index (χ3v) is 3.90. The molecule has 1 aliphatic heterocycles. The first-order valence-corrected chi connectivity index (χ1v) is 6.74. The monoisotopic (exact) mass is 270 g/mol. The molecule has 0 spiro atoms. The zero-order valence-electron chi connectivity index (χ0n) is 11.7. The van der Waals surface area contributed by atoms with E-state index < -0.39 is 5.60 Å². The molecule has 0 bridgehead atoms. The van der Waals surface area contributed by atoms with Crippen LogP contribution in [0.4, 0.5) is 0 Å². The van der Waals surface area contributed by atoms with Gasteiger partial charge in [0.15, 0.2) is 0 Å². The largest absolute Gasteiger partial charge is 0.497 e. The van der Waals surface area contributed by atoms with Crippen LogP contribution in [0.3, 0.4) is 0 Å². The van der Waals surface area contributed by atoms with Crippen LogP contribution in [0.2, 0.25) is 0 Å². The molecule has 2 aromatic rings. The molecule has 0 amide bonds. The summed E-state index contributed by atoms with van der Waals surface area (Å²) in [7, 11) is 1.63. The summed E-state index contributed by atoms with van der Waals surface area (Å²) in [6, 6.07) is 13.4. The highest BCUT2D eigenvalue weighted by atomic mass is 16.5. The lowest BCUT2D eigenvalue weighted by Gasteiger charge is -2.25. The van der Waals surface area contributed by atoms with Gasteiger partial charge in [0.05, 0.1) is 13.7 Å². The predicted octanol–water partition coefficient (Wildman–Crippen LogP) is 2.89. The molecule has 3 nitrogen and oxygen atoms in total. The van der Waals surface area contributed by atoms with Crippen LogP contribution in [0, 0.1) is 0 Å². The molecule has 1 heterocycles. The van der Waals surface area contributed by atoms with Crippen molar-refractivity contribution in [1.82, 2.24) is 0 Å². The van der Waals surface area contributed by atoms with Crippen LogP contribution in [-0.2, 0) is 12.0 Å². The van der Waals surface area contributed by atoms with Gasteiger partial charge in [0.25, 0.3) is 0 Å². The normalized spacial score (nSPS) is 16.1. The molecule has 1 N–H and O–H groups in total. The van der Waals surface area contributed by atoms with Crippen molar-refractivity contribution < 1.29 is 14.6 Å². The van der Waals surface area contributed by atoms with Crippen LogP contribution in [0.25, 0.3) is 0 Å². The fourth-order valence-electron chi connectivity index (χ4n) is 2.57. The molecule has 0 saturated carbocycles. The van der Waals surface area contributed by atoms with Gasteiger partial charge in [0, 0.05) is 6.42 Å². The third kappa shape index (κ3) is 2.14. The third-order valence-electron chi connectivity index (χ3n) is 3.90. The van der Waals surface area contributed by atoms with Gasteiger partial charge in [0.2, 0.25) is 0 Å². The Labute approximate surface area is 118 Å². The standard InChI is InChI=1S/C17H18O3/c1-17(18,13-3-6-15(19-2)7-4-13)14-5-8-16-12(11-14)9-10-20-16/h3-8,11,18H,9-10H2,1-2H3. The summed E-state index contributed by atoms with van der Waals surface area (Å²) in [5.41, 5.74) is 1.87. The van der Waals surface area contributed by atoms with E-state index in [1.807, 2.05) is 49.4 Å². The van der Waals surface area contributed by atoms with E-state index in [4.69, 9.17) is 9.47 Å². The first kappa shape index (κ1) is 13.0. The highest BCUT2D eigenvalue weighted by Gasteiger charge is 2.27. The predicted molar refractivity (Wildman–Crippen MR) is 77.3 cm³/mol. The zero-order valence-corrected chi connectivity index (χ0v) is 11.7. The Morgan fingerprint density at radius 3 is 2.50 bits per heavy atom. The second-order valence-corrected chi connectivity index (χ2v) is 5.22. The molecular formula is C17H18O3. The summed E-state index contributed by atoms with van der Waals surface area (Å²) in [5.74, 6) is 1.71. The Bertz CT molecular complexity index is 615. The minimum atomic E-state index is -1.02. The fourth-order valence-corrected chi connectivity index (χ4v) is 2.57. The van der Waals surface area contributed by atoms with E-state index >= 15 is 0 Å². The lowest BCUT2D eigenvalue weighted by atomic mass is 9.87. The summed E-state index contributed by atoms with van der Waals surface area (Å²) in [4.78, 5) is 0. The summed E-state index contributed by atoms with van der Waals surface area (Å²) in [6.45, 7) is 2.54. The fraction of sp³-hybridized carbons (Fsp3) is 0.294. The van der Waals surface area contributed by atoms with Gasteiger partial charge in [0.1, 0.15) is 17.1 Å². The van der Waals surface area contributed by atoms with E-state index in [1.165, 1.54) is 0 Å². The maximum Gasteiger partial charge on any atom is 0.122 e. The van der Waals surface area contributed by atoms with Crippen molar-refractivity contribution >= 4 is 0 Å². The van der Waals surface area contributed by atoms with Gasteiger partial charge >= 0.3 is 0 Å². The molecule has 0 radical (unpaired) electrons. The second-order valence-electron chi connectivity index (χ2n) is 5.22. The molecule has 3 rings (SSSR count). The van der Waals surface area contributed by atoms with Crippen molar-refractivity contribution in [1.29, 1.82) is 0 Å². The second kappa shape index (κ2) is 4.84. The molecule has 3 heteroatoms. The molecule has 1 aliphatic rings. The van der Waals surface area contributed by atoms with Crippen LogP contribution in [0.15, 0.2) is 42.5 Å². The van der Waals surface area contributed by atoms with Crippen LogP contribution in [-0.4, -0.2) is 18.8 Å². The molecular weight excluding hydrogens is 252 g/mol. The minimum absolute atomic E-state index is 0.726. The van der Waals surface area contributed by atoms with E-state index in [9.17, 15) is 5.11 Å². The SMILES string of the molecule is COc1ccc(C(C)(O)c2ccc3c(c2)CCO3)cc1. The first-order chi connectivity index (χ1) is 9.61. The number of ether oxygens (including phenoxy) is 2. The Balaban J connectivity index is 1.97. The average molecular weight is 270 g/mol. The van der Waals surface area contributed by atoms with Gasteiger partial charge in [-0.2, -0.15) is 0 Å². The van der Waals surface area contributed by atoms with E-state index in [1.54, 1.807) is 7.11 Å². The number of rotatable bonds is 3. The van der Waals surface area contributed by atoms with E-state index in [-0.39, 0.29) is 0 Å². The quantitative estimate of drug-likeness (QED) is 0.932. The van der Waals surface area contributed by atoms with Crippen LogP contribution >= 0.6 is 0 Å². The molecule has 20 heavy (non-hydrogen) atoms. The zero-order chi connectivity index (χ0) is 14.2. The molecule has 1 atom stereocenters. The summed E-state index contributed by atoms with van der Waals surface area (Å²) in [5, 5.41) is 10.9. The number of methoxy groups -OCH3 is 1. The maximum atomic E-state index is 10.9. The Hall–Kier alpha value is -2.00. The van der Waals surface area contributed by atoms with Gasteiger partial charge in [-0.05, 0) is 47.9 Å². The van der Waals surface area contributed by atoms with Crippen molar-refractivity contribution in [2.45, 2.75) is 18.9 Å². The molecule has 1 unspecified atom stereocenters. The average Bonchev–Trinajstić information content (AvgIpc) is 2.94. The Morgan fingerprint density at radius 1 is 1.10 bits per heavy atom. The number of aliphatic hydroxyl groups is 1. The van der Waals surface area contributed by atoms with Crippen molar-refractivity contribution in [3.63, 3.8) is 0 Å². The lowest BCUT2D eigenvalue weighted by Crippen LogP contribution is -2.22. The number of fused-ring (bicyclic) bond motifs is 1. The number of hydrogen-bond acceptors (Lipinski definition) is 3. The van der Waals surface area contributed by atoms with Gasteiger partial charge in [-0.3, -0.25) is 0 Å². The summed E-state index contributed by atoms with van der Waals surface area (Å²) in [6.07, 6.45) is 0.905. The van der Waals surface area contributed by atoms with E-state index in [2.05, 4.69) is 0 Å². The van der Waals surface area contributed by atoms with Gasteiger partial charge in [-0.15, -0.1) is 0 Å². The van der Waals surface area contributed by atoms with E-state index in [0.29, 0.717) is 0 Å². The van der Waals surface area contributed by atoms with Crippen LogP contribution in [0.1, 0.15) is 23.6 Å². The topological polar surface area (TPSA) is 38.7 Å². The van der Waals surface area contributed by atoms with Crippen molar-refractivity contribution in [3.8, 4) is 11.5 Å². The first-order valence-electron chi connectivity index (χ1n) is 6.74. The molecule has 2 aromatic carbocycles. The minimum Gasteiger partial charge on any atom is -0.497 e. The Kier molecular flexibility index (Phi) is 3.14. The van der Waals surface area contributed by atoms with Crippen molar-refractivity contribution in [2.24, 2.45) is 0 Å². The van der Waals surface area contributed by atoms with Crippen molar-refractivity contribution in [3.05, 3.63) is 59.2 Å². The van der Waals surface area contributed by atoms with Gasteiger partial charge < -0.3 is 14.6 Å². The molecule has 0 fully saturated rings. The number of hydrogen-bond donors (Lipinski definition) is 1. The smallest absolute Gasteiger partial charge is 0.122 e. The molecule has 0 saturated heterocycles. The Morgan fingerprint density at radius 2 is 1.80 bits per heavy atom. The highest BCUT2D eigenvalue weighted by molar-refractivity contribution is 5.45. The maximum absolute atomic E-state index is 10.9. The molecule has 104 valence electrons. The van der Waals surface area contributed by atoms with Crippen LogP contribution < -0.4 is 9.47 Å². The van der Waals surface area contributed by atoms with E-state index in [0.717, 1.165) is 41.2 Å². The summed E-state index contributed by atoms with van der Waals surface area (Å²) < 4.78 is 10.7. The number of benzene rings is 2. The van der Waals surface area contributed by atoms with Gasteiger partial charge in [-0.25, -0.2) is 0 Å².